The number of anilines is 1. The third-order valence-corrected chi connectivity index (χ3v) is 4.59. The topological polar surface area (TPSA) is 49.3 Å². The molecule has 5 nitrogen and oxygen atoms in total. The Hall–Kier alpha value is -2.95. The number of likely N-dealkylation sites (N-methyl/N-ethyl adjacent to an activating group) is 1. The van der Waals surface area contributed by atoms with Crippen molar-refractivity contribution in [2.45, 2.75) is 6.42 Å². The summed E-state index contributed by atoms with van der Waals surface area (Å²) in [5.74, 6) is 0.733. The number of carbonyl (C=O) groups excluding carboxylic acids is 1. The van der Waals surface area contributed by atoms with Gasteiger partial charge in [0.05, 0.1) is 17.8 Å². The van der Waals surface area contributed by atoms with Gasteiger partial charge in [-0.25, -0.2) is 9.97 Å². The molecule has 0 unspecified atom stereocenters. The molecule has 0 aliphatic carbocycles. The fraction of sp³-hybridized carbons (Fsp3) is 0.250. The van der Waals surface area contributed by atoms with Crippen molar-refractivity contribution < 1.29 is 4.79 Å². The minimum Gasteiger partial charge on any atom is -0.344 e. The van der Waals surface area contributed by atoms with Gasteiger partial charge in [-0.15, -0.1) is 0 Å². The second kappa shape index (κ2) is 6.51. The van der Waals surface area contributed by atoms with E-state index in [2.05, 4.69) is 12.1 Å². The van der Waals surface area contributed by atoms with Crippen LogP contribution in [-0.2, 0) is 4.79 Å². The van der Waals surface area contributed by atoms with Gasteiger partial charge in [0.15, 0.2) is 0 Å². The van der Waals surface area contributed by atoms with Gasteiger partial charge in [0.2, 0.25) is 11.9 Å². The molecule has 0 radical (unpaired) electrons. The van der Waals surface area contributed by atoms with Crippen molar-refractivity contribution in [2.24, 2.45) is 0 Å². The van der Waals surface area contributed by atoms with E-state index in [0.717, 1.165) is 41.7 Å². The lowest BCUT2D eigenvalue weighted by Gasteiger charge is -2.21. The first-order valence-corrected chi connectivity index (χ1v) is 8.53. The third kappa shape index (κ3) is 3.05. The van der Waals surface area contributed by atoms with Crippen molar-refractivity contribution in [3.8, 4) is 11.3 Å². The maximum Gasteiger partial charge on any atom is 0.241 e. The summed E-state index contributed by atoms with van der Waals surface area (Å²) in [4.78, 5) is 25.6. The molecule has 2 heterocycles. The van der Waals surface area contributed by atoms with Gasteiger partial charge in [-0.05, 0) is 12.5 Å². The van der Waals surface area contributed by atoms with E-state index < -0.39 is 0 Å². The number of benzene rings is 2. The highest BCUT2D eigenvalue weighted by Gasteiger charge is 2.22. The first kappa shape index (κ1) is 15.6. The van der Waals surface area contributed by atoms with Crippen LogP contribution in [0.15, 0.2) is 54.6 Å². The molecule has 0 N–H and O–H groups in total. The van der Waals surface area contributed by atoms with Gasteiger partial charge in [-0.1, -0.05) is 48.5 Å². The fourth-order valence-corrected chi connectivity index (χ4v) is 3.18. The number of amides is 1. The zero-order valence-electron chi connectivity index (χ0n) is 14.2. The van der Waals surface area contributed by atoms with Crippen LogP contribution in [0.5, 0.6) is 0 Å². The number of para-hydroxylation sites is 1. The van der Waals surface area contributed by atoms with Gasteiger partial charge >= 0.3 is 0 Å². The van der Waals surface area contributed by atoms with Crippen LogP contribution >= 0.6 is 0 Å². The Morgan fingerprint density at radius 3 is 2.52 bits per heavy atom. The van der Waals surface area contributed by atoms with Gasteiger partial charge in [-0.2, -0.15) is 0 Å². The molecule has 2 aromatic carbocycles. The monoisotopic (exact) mass is 332 g/mol. The molecule has 1 aliphatic rings. The number of nitrogens with zero attached hydrogens (tertiary/aromatic N) is 4. The largest absolute Gasteiger partial charge is 0.344 e. The van der Waals surface area contributed by atoms with Crippen LogP contribution in [0.4, 0.5) is 5.95 Å². The van der Waals surface area contributed by atoms with Crippen LogP contribution in [0.25, 0.3) is 22.2 Å². The van der Waals surface area contributed by atoms with Crippen LogP contribution in [0.1, 0.15) is 6.42 Å². The predicted molar refractivity (Wildman–Crippen MR) is 99.4 cm³/mol. The van der Waals surface area contributed by atoms with Crippen LogP contribution in [0, 0.1) is 0 Å². The van der Waals surface area contributed by atoms with Crippen molar-refractivity contribution in [1.29, 1.82) is 0 Å². The SMILES string of the molecule is CN1CCCN(c2nc(-c3ccccc3)c3ccccc3n2)CC1=O. The zero-order chi connectivity index (χ0) is 17.2. The van der Waals surface area contributed by atoms with Crippen molar-refractivity contribution in [1.82, 2.24) is 14.9 Å². The molecule has 1 amide bonds. The van der Waals surface area contributed by atoms with Gasteiger partial charge in [0.1, 0.15) is 0 Å². The molecule has 0 spiro atoms. The number of rotatable bonds is 2. The Kier molecular flexibility index (Phi) is 4.06. The quantitative estimate of drug-likeness (QED) is 0.724. The average molecular weight is 332 g/mol. The molecule has 3 aromatic rings. The maximum absolute atomic E-state index is 12.2. The Morgan fingerprint density at radius 2 is 1.68 bits per heavy atom. The molecule has 4 rings (SSSR count). The summed E-state index contributed by atoms with van der Waals surface area (Å²) in [5, 5.41) is 1.02. The van der Waals surface area contributed by atoms with Gasteiger partial charge in [0.25, 0.3) is 0 Å². The first-order chi connectivity index (χ1) is 12.2. The number of carbonyl (C=O) groups is 1. The number of fused-ring (bicyclic) bond motifs is 1. The Morgan fingerprint density at radius 1 is 0.920 bits per heavy atom. The van der Waals surface area contributed by atoms with E-state index in [1.165, 1.54) is 0 Å². The third-order valence-electron chi connectivity index (χ3n) is 4.59. The highest BCUT2D eigenvalue weighted by atomic mass is 16.2. The lowest BCUT2D eigenvalue weighted by atomic mass is 10.1. The van der Waals surface area contributed by atoms with Crippen LogP contribution in [-0.4, -0.2) is 47.5 Å². The summed E-state index contributed by atoms with van der Waals surface area (Å²) in [6, 6.07) is 18.2. The zero-order valence-corrected chi connectivity index (χ0v) is 14.2. The van der Waals surface area contributed by atoms with Crippen molar-refractivity contribution in [3.05, 3.63) is 54.6 Å². The summed E-state index contributed by atoms with van der Waals surface area (Å²) in [7, 11) is 1.85. The molecule has 126 valence electrons. The maximum atomic E-state index is 12.2. The number of hydrogen-bond donors (Lipinski definition) is 0. The molecule has 0 bridgehead atoms. The molecule has 5 heteroatoms. The first-order valence-electron chi connectivity index (χ1n) is 8.53. The van der Waals surface area contributed by atoms with E-state index in [9.17, 15) is 4.79 Å². The summed E-state index contributed by atoms with van der Waals surface area (Å²) < 4.78 is 0. The molecule has 1 aliphatic heterocycles. The standard InChI is InChI=1S/C20H20N4O/c1-23-12-7-13-24(14-18(23)25)20-21-17-11-6-5-10-16(17)19(22-20)15-8-3-2-4-9-15/h2-6,8-11H,7,12-14H2,1H3. The minimum atomic E-state index is 0.107. The average Bonchev–Trinajstić information content (AvgIpc) is 2.83. The molecular formula is C20H20N4O. The van der Waals surface area contributed by atoms with Gasteiger partial charge < -0.3 is 9.80 Å². The van der Waals surface area contributed by atoms with E-state index in [-0.39, 0.29) is 5.91 Å². The van der Waals surface area contributed by atoms with Crippen LogP contribution in [0.2, 0.25) is 0 Å². The Bertz CT molecular complexity index is 910. The number of aromatic nitrogens is 2. The molecule has 0 saturated carbocycles. The lowest BCUT2D eigenvalue weighted by molar-refractivity contribution is -0.127. The predicted octanol–water partition coefficient (Wildman–Crippen LogP) is 2.97. The smallest absolute Gasteiger partial charge is 0.241 e. The van der Waals surface area contributed by atoms with Crippen molar-refractivity contribution in [2.75, 3.05) is 31.6 Å². The van der Waals surface area contributed by atoms with Crippen LogP contribution < -0.4 is 4.90 Å². The van der Waals surface area contributed by atoms with Crippen LogP contribution in [0.3, 0.4) is 0 Å². The van der Waals surface area contributed by atoms with E-state index in [1.807, 2.05) is 54.4 Å². The molecule has 1 aromatic heterocycles. The Labute approximate surface area is 146 Å². The molecule has 25 heavy (non-hydrogen) atoms. The minimum absolute atomic E-state index is 0.107. The highest BCUT2D eigenvalue weighted by Crippen LogP contribution is 2.28. The normalized spacial score (nSPS) is 15.5. The number of hydrogen-bond acceptors (Lipinski definition) is 4. The van der Waals surface area contributed by atoms with E-state index in [4.69, 9.17) is 9.97 Å². The van der Waals surface area contributed by atoms with Crippen molar-refractivity contribution in [3.63, 3.8) is 0 Å². The van der Waals surface area contributed by atoms with Gasteiger partial charge in [0, 0.05) is 31.1 Å². The molecule has 0 atom stereocenters. The fourth-order valence-electron chi connectivity index (χ4n) is 3.18. The molecular weight excluding hydrogens is 312 g/mol. The second-order valence-electron chi connectivity index (χ2n) is 6.35. The van der Waals surface area contributed by atoms with E-state index in [0.29, 0.717) is 12.5 Å². The van der Waals surface area contributed by atoms with E-state index >= 15 is 0 Å². The Balaban J connectivity index is 1.84. The second-order valence-corrected chi connectivity index (χ2v) is 6.35. The summed E-state index contributed by atoms with van der Waals surface area (Å²) in [6.45, 7) is 1.88. The summed E-state index contributed by atoms with van der Waals surface area (Å²) in [6.07, 6.45) is 0.916. The molecule has 1 fully saturated rings. The summed E-state index contributed by atoms with van der Waals surface area (Å²) >= 11 is 0. The highest BCUT2D eigenvalue weighted by molar-refractivity contribution is 5.93. The van der Waals surface area contributed by atoms with E-state index in [1.54, 1.807) is 4.90 Å². The van der Waals surface area contributed by atoms with Gasteiger partial charge in [-0.3, -0.25) is 4.79 Å². The lowest BCUT2D eigenvalue weighted by Crippen LogP contribution is -2.35. The van der Waals surface area contributed by atoms with Crippen molar-refractivity contribution >= 4 is 22.8 Å². The molecule has 1 saturated heterocycles. The summed E-state index contributed by atoms with van der Waals surface area (Å²) in [5.41, 5.74) is 2.86.